The highest BCUT2D eigenvalue weighted by molar-refractivity contribution is 5.51. The molecule has 0 spiro atoms. The lowest BCUT2D eigenvalue weighted by Gasteiger charge is -2.27. The molecule has 1 fully saturated rings. The van der Waals surface area contributed by atoms with Crippen LogP contribution in [0.1, 0.15) is 67.2 Å². The van der Waals surface area contributed by atoms with Crippen LogP contribution >= 0.6 is 0 Å². The van der Waals surface area contributed by atoms with Crippen LogP contribution in [-0.2, 0) is 6.42 Å². The van der Waals surface area contributed by atoms with Crippen LogP contribution in [0.25, 0.3) is 6.08 Å². The van der Waals surface area contributed by atoms with Crippen LogP contribution in [-0.4, -0.2) is 0 Å². The summed E-state index contributed by atoms with van der Waals surface area (Å²) in [5.74, 6) is -1.02. The third kappa shape index (κ3) is 4.63. The van der Waals surface area contributed by atoms with Crippen molar-refractivity contribution in [3.05, 3.63) is 76.1 Å². The van der Waals surface area contributed by atoms with E-state index in [-0.39, 0.29) is 11.7 Å². The molecular weight excluding hydrogens is 345 g/mol. The van der Waals surface area contributed by atoms with Crippen molar-refractivity contribution in [1.29, 1.82) is 0 Å². The van der Waals surface area contributed by atoms with Crippen LogP contribution in [0.15, 0.2) is 36.4 Å². The second kappa shape index (κ2) is 8.77. The van der Waals surface area contributed by atoms with Crippen LogP contribution in [0.2, 0.25) is 0 Å². The molecule has 1 saturated carbocycles. The van der Waals surface area contributed by atoms with Gasteiger partial charge in [-0.25, -0.2) is 13.2 Å². The second-order valence-corrected chi connectivity index (χ2v) is 7.69. The maximum Gasteiger partial charge on any atom is 0.166 e. The molecule has 0 heterocycles. The highest BCUT2D eigenvalue weighted by atomic mass is 19.2. The van der Waals surface area contributed by atoms with Gasteiger partial charge in [0.1, 0.15) is 5.82 Å². The first kappa shape index (κ1) is 19.7. The molecule has 0 N–H and O–H groups in total. The normalized spacial score (nSPS) is 20.3. The largest absolute Gasteiger partial charge is 0.207 e. The first-order valence-corrected chi connectivity index (χ1v) is 9.90. The van der Waals surface area contributed by atoms with E-state index < -0.39 is 11.6 Å². The molecule has 3 heteroatoms. The van der Waals surface area contributed by atoms with Crippen LogP contribution in [0, 0.1) is 30.3 Å². The first-order valence-electron chi connectivity index (χ1n) is 9.90. The number of hydrogen-bond acceptors (Lipinski definition) is 0. The Morgan fingerprint density at radius 3 is 2.37 bits per heavy atom. The molecule has 3 rings (SSSR count). The second-order valence-electron chi connectivity index (χ2n) is 7.69. The summed E-state index contributed by atoms with van der Waals surface area (Å²) < 4.78 is 42.5. The minimum atomic E-state index is -0.757. The number of allylic oxidation sites excluding steroid dienone is 1. The van der Waals surface area contributed by atoms with Crippen molar-refractivity contribution < 1.29 is 13.2 Å². The lowest BCUT2D eigenvalue weighted by atomic mass is 9.78. The molecular formula is C24H27F3. The van der Waals surface area contributed by atoms with Gasteiger partial charge in [-0.15, -0.1) is 0 Å². The van der Waals surface area contributed by atoms with Gasteiger partial charge in [-0.1, -0.05) is 49.8 Å². The molecule has 0 bridgehead atoms. The van der Waals surface area contributed by atoms with Gasteiger partial charge in [-0.2, -0.15) is 0 Å². The zero-order chi connectivity index (χ0) is 19.4. The predicted molar refractivity (Wildman–Crippen MR) is 105 cm³/mol. The van der Waals surface area contributed by atoms with E-state index in [1.165, 1.54) is 0 Å². The summed E-state index contributed by atoms with van der Waals surface area (Å²) in [5, 5.41) is 0. The number of hydrogen-bond donors (Lipinski definition) is 0. The van der Waals surface area contributed by atoms with E-state index in [1.807, 2.05) is 32.1 Å². The van der Waals surface area contributed by atoms with Crippen LogP contribution < -0.4 is 0 Å². The smallest absolute Gasteiger partial charge is 0.166 e. The van der Waals surface area contributed by atoms with E-state index >= 15 is 0 Å². The number of rotatable bonds is 5. The van der Waals surface area contributed by atoms with Crippen molar-refractivity contribution >= 4 is 6.08 Å². The molecule has 0 aromatic heterocycles. The summed E-state index contributed by atoms with van der Waals surface area (Å²) >= 11 is 0. The van der Waals surface area contributed by atoms with E-state index in [1.54, 1.807) is 24.3 Å². The summed E-state index contributed by atoms with van der Waals surface area (Å²) in [7, 11) is 0. The van der Waals surface area contributed by atoms with Crippen LogP contribution in [0.3, 0.4) is 0 Å². The maximum absolute atomic E-state index is 14.2. The maximum atomic E-state index is 14.2. The molecule has 0 unspecified atom stereocenters. The van der Waals surface area contributed by atoms with Crippen molar-refractivity contribution in [3.8, 4) is 0 Å². The van der Waals surface area contributed by atoms with E-state index in [0.717, 1.165) is 43.2 Å². The number of halogens is 3. The Labute approximate surface area is 160 Å². The minimum Gasteiger partial charge on any atom is -0.207 e. The summed E-state index contributed by atoms with van der Waals surface area (Å²) in [6.07, 6.45) is 8.73. The van der Waals surface area contributed by atoms with Crippen molar-refractivity contribution in [1.82, 2.24) is 0 Å². The fourth-order valence-corrected chi connectivity index (χ4v) is 4.02. The lowest BCUT2D eigenvalue weighted by molar-refractivity contribution is 0.369. The molecule has 0 amide bonds. The van der Waals surface area contributed by atoms with Crippen molar-refractivity contribution in [2.24, 2.45) is 5.92 Å². The molecule has 0 nitrogen and oxygen atoms in total. The van der Waals surface area contributed by atoms with Gasteiger partial charge in [-0.3, -0.25) is 0 Å². The Balaban J connectivity index is 1.63. The van der Waals surface area contributed by atoms with E-state index in [0.29, 0.717) is 23.5 Å². The fourth-order valence-electron chi connectivity index (χ4n) is 4.02. The standard InChI is InChI=1S/C24H27F3/c1-3-4-19-12-13-20(24(27)23(19)26)11-8-17-6-9-18(10-7-17)21-14-5-16(2)15-22(21)25/h5,8,11-15,17-18H,3-4,6-7,9-10H2,1-2H3. The molecule has 2 aromatic carbocycles. The Hall–Kier alpha value is -2.03. The zero-order valence-electron chi connectivity index (χ0n) is 16.1. The molecule has 2 aromatic rings. The monoisotopic (exact) mass is 372 g/mol. The highest BCUT2D eigenvalue weighted by Crippen LogP contribution is 2.37. The van der Waals surface area contributed by atoms with Crippen molar-refractivity contribution in [3.63, 3.8) is 0 Å². The fraction of sp³-hybridized carbons (Fsp3) is 0.417. The van der Waals surface area contributed by atoms with Gasteiger partial charge in [0.25, 0.3) is 0 Å². The number of aryl methyl sites for hydroxylation is 2. The highest BCUT2D eigenvalue weighted by Gasteiger charge is 2.23. The van der Waals surface area contributed by atoms with Gasteiger partial charge < -0.3 is 0 Å². The Morgan fingerprint density at radius 1 is 0.963 bits per heavy atom. The van der Waals surface area contributed by atoms with Gasteiger partial charge in [0.15, 0.2) is 11.6 Å². The molecule has 27 heavy (non-hydrogen) atoms. The van der Waals surface area contributed by atoms with Gasteiger partial charge in [0.2, 0.25) is 0 Å². The topological polar surface area (TPSA) is 0 Å². The lowest BCUT2D eigenvalue weighted by Crippen LogP contribution is -2.13. The first-order chi connectivity index (χ1) is 13.0. The molecule has 144 valence electrons. The van der Waals surface area contributed by atoms with Gasteiger partial charge in [0.05, 0.1) is 0 Å². The molecule has 0 atom stereocenters. The molecule has 0 aliphatic heterocycles. The average molecular weight is 372 g/mol. The average Bonchev–Trinajstić information content (AvgIpc) is 2.66. The van der Waals surface area contributed by atoms with Gasteiger partial charge in [0, 0.05) is 5.56 Å². The van der Waals surface area contributed by atoms with Crippen molar-refractivity contribution in [2.45, 2.75) is 58.3 Å². The van der Waals surface area contributed by atoms with Gasteiger partial charge in [-0.05, 0) is 73.6 Å². The molecule has 1 aliphatic carbocycles. The quantitative estimate of drug-likeness (QED) is 0.514. The Morgan fingerprint density at radius 2 is 1.70 bits per heavy atom. The molecule has 0 saturated heterocycles. The third-order valence-corrected chi connectivity index (χ3v) is 5.63. The van der Waals surface area contributed by atoms with E-state index in [4.69, 9.17) is 0 Å². The predicted octanol–water partition coefficient (Wildman–Crippen LogP) is 7.35. The van der Waals surface area contributed by atoms with E-state index in [9.17, 15) is 13.2 Å². The summed E-state index contributed by atoms with van der Waals surface area (Å²) in [5.41, 5.74) is 2.49. The summed E-state index contributed by atoms with van der Waals surface area (Å²) in [6, 6.07) is 8.80. The third-order valence-electron chi connectivity index (χ3n) is 5.63. The van der Waals surface area contributed by atoms with Gasteiger partial charge >= 0.3 is 0 Å². The summed E-state index contributed by atoms with van der Waals surface area (Å²) in [6.45, 7) is 3.84. The number of benzene rings is 2. The van der Waals surface area contributed by atoms with Crippen LogP contribution in [0.5, 0.6) is 0 Å². The van der Waals surface area contributed by atoms with Crippen molar-refractivity contribution in [2.75, 3.05) is 0 Å². The summed E-state index contributed by atoms with van der Waals surface area (Å²) in [4.78, 5) is 0. The van der Waals surface area contributed by atoms with Crippen LogP contribution in [0.4, 0.5) is 13.2 Å². The zero-order valence-corrected chi connectivity index (χ0v) is 16.1. The minimum absolute atomic E-state index is 0.112. The molecule has 1 aliphatic rings. The van der Waals surface area contributed by atoms with E-state index in [2.05, 4.69) is 0 Å². The SMILES string of the molecule is CCCc1ccc(C=CC2CCC(c3ccc(C)cc3F)CC2)c(F)c1F. The molecule has 0 radical (unpaired) electrons. The Bertz CT molecular complexity index is 815. The Kier molecular flexibility index (Phi) is 6.41.